The summed E-state index contributed by atoms with van der Waals surface area (Å²) < 4.78 is 13.2. The molecule has 112 valence electrons. The highest BCUT2D eigenvalue weighted by atomic mass is 19.1. The zero-order valence-electron chi connectivity index (χ0n) is 12.4. The van der Waals surface area contributed by atoms with Crippen molar-refractivity contribution in [1.29, 1.82) is 0 Å². The van der Waals surface area contributed by atoms with Crippen molar-refractivity contribution in [2.24, 2.45) is 0 Å². The number of aromatic hydroxyl groups is 1. The van der Waals surface area contributed by atoms with Gasteiger partial charge in [0.15, 0.2) is 0 Å². The summed E-state index contributed by atoms with van der Waals surface area (Å²) in [5, 5.41) is 12.6. The minimum atomic E-state index is -0.427. The highest BCUT2D eigenvalue weighted by Crippen LogP contribution is 2.19. The second-order valence-electron chi connectivity index (χ2n) is 4.89. The highest BCUT2D eigenvalue weighted by Gasteiger charge is 2.02. The average Bonchev–Trinajstić information content (AvgIpc) is 2.47. The molecule has 0 spiro atoms. The van der Waals surface area contributed by atoms with Crippen molar-refractivity contribution in [2.45, 2.75) is 20.4 Å². The molecule has 0 saturated heterocycles. The summed E-state index contributed by atoms with van der Waals surface area (Å²) in [4.78, 5) is 2.27. The zero-order chi connectivity index (χ0) is 15.2. The molecule has 2 rings (SSSR count). The van der Waals surface area contributed by atoms with Gasteiger partial charge in [0.05, 0.1) is 0 Å². The number of nitrogens with one attached hydrogen (secondary N) is 1. The molecule has 0 radical (unpaired) electrons. The minimum absolute atomic E-state index is 0.0521. The maximum Gasteiger partial charge on any atom is 0.127 e. The van der Waals surface area contributed by atoms with Crippen LogP contribution in [0.4, 0.5) is 15.8 Å². The average molecular weight is 288 g/mol. The van der Waals surface area contributed by atoms with Gasteiger partial charge in [-0.2, -0.15) is 0 Å². The number of nitrogens with zero attached hydrogens (tertiary/aromatic N) is 1. The molecule has 0 bridgehead atoms. The molecule has 2 aromatic rings. The van der Waals surface area contributed by atoms with Crippen LogP contribution in [-0.4, -0.2) is 18.2 Å². The Bertz CT molecular complexity index is 560. The second-order valence-corrected chi connectivity index (χ2v) is 4.89. The molecule has 0 heterocycles. The lowest BCUT2D eigenvalue weighted by Crippen LogP contribution is -2.21. The van der Waals surface area contributed by atoms with Crippen molar-refractivity contribution < 1.29 is 9.50 Å². The first-order chi connectivity index (χ1) is 10.1. The van der Waals surface area contributed by atoms with E-state index in [2.05, 4.69) is 36.2 Å². The lowest BCUT2D eigenvalue weighted by atomic mass is 10.2. The second kappa shape index (κ2) is 6.97. The molecule has 4 heteroatoms. The van der Waals surface area contributed by atoms with Gasteiger partial charge in [-0.25, -0.2) is 4.39 Å². The van der Waals surface area contributed by atoms with E-state index < -0.39 is 5.82 Å². The summed E-state index contributed by atoms with van der Waals surface area (Å²) in [6.07, 6.45) is 0. The predicted octanol–water partition coefficient (Wildman–Crippen LogP) is 3.99. The van der Waals surface area contributed by atoms with Crippen LogP contribution in [0.5, 0.6) is 5.75 Å². The number of hydrogen-bond donors (Lipinski definition) is 2. The molecule has 0 aliphatic rings. The van der Waals surface area contributed by atoms with E-state index in [1.807, 2.05) is 12.1 Å². The van der Waals surface area contributed by atoms with E-state index in [0.29, 0.717) is 12.1 Å². The van der Waals surface area contributed by atoms with Gasteiger partial charge in [-0.3, -0.25) is 0 Å². The first-order valence-electron chi connectivity index (χ1n) is 7.19. The largest absolute Gasteiger partial charge is 0.508 e. The molecule has 2 N–H and O–H groups in total. The predicted molar refractivity (Wildman–Crippen MR) is 85.4 cm³/mol. The number of rotatable bonds is 6. The molecule has 0 saturated carbocycles. The van der Waals surface area contributed by atoms with Gasteiger partial charge in [0.2, 0.25) is 0 Å². The van der Waals surface area contributed by atoms with E-state index in [9.17, 15) is 9.50 Å². The van der Waals surface area contributed by atoms with E-state index in [4.69, 9.17) is 0 Å². The number of hydrogen-bond acceptors (Lipinski definition) is 3. The van der Waals surface area contributed by atoms with E-state index in [1.54, 1.807) is 6.07 Å². The van der Waals surface area contributed by atoms with Gasteiger partial charge in [0.1, 0.15) is 11.6 Å². The smallest absolute Gasteiger partial charge is 0.127 e. The van der Waals surface area contributed by atoms with Crippen molar-refractivity contribution in [3.63, 3.8) is 0 Å². The van der Waals surface area contributed by atoms with Crippen LogP contribution < -0.4 is 10.2 Å². The van der Waals surface area contributed by atoms with Crippen LogP contribution in [-0.2, 0) is 6.54 Å². The first kappa shape index (κ1) is 15.2. The Morgan fingerprint density at radius 2 is 1.71 bits per heavy atom. The fourth-order valence-electron chi connectivity index (χ4n) is 2.32. The Labute approximate surface area is 125 Å². The normalized spacial score (nSPS) is 10.4. The molecule has 3 nitrogen and oxygen atoms in total. The number of phenolic OH excluding ortho intramolecular Hbond substituents is 1. The monoisotopic (exact) mass is 288 g/mol. The number of anilines is 2. The number of benzene rings is 2. The summed E-state index contributed by atoms with van der Waals surface area (Å²) in [6.45, 7) is 6.69. The summed E-state index contributed by atoms with van der Waals surface area (Å²) in [5.74, 6) is -0.479. The quantitative estimate of drug-likeness (QED) is 0.843. The Morgan fingerprint density at radius 1 is 1.05 bits per heavy atom. The van der Waals surface area contributed by atoms with Crippen molar-refractivity contribution in [3.8, 4) is 5.75 Å². The number of phenols is 1. The Morgan fingerprint density at radius 3 is 2.29 bits per heavy atom. The molecule has 0 atom stereocenters. The van der Waals surface area contributed by atoms with Crippen LogP contribution in [0.15, 0.2) is 42.5 Å². The topological polar surface area (TPSA) is 35.5 Å². The Hall–Kier alpha value is -2.23. The third kappa shape index (κ3) is 4.12. The van der Waals surface area contributed by atoms with Crippen molar-refractivity contribution >= 4 is 11.4 Å². The Kier molecular flexibility index (Phi) is 5.04. The molecule has 0 aliphatic heterocycles. The maximum atomic E-state index is 13.2. The van der Waals surface area contributed by atoms with Gasteiger partial charge in [-0.1, -0.05) is 0 Å². The molecule has 0 amide bonds. The van der Waals surface area contributed by atoms with E-state index in [-0.39, 0.29) is 5.75 Å². The van der Waals surface area contributed by atoms with Gasteiger partial charge in [0, 0.05) is 37.1 Å². The van der Waals surface area contributed by atoms with Crippen molar-refractivity contribution in [2.75, 3.05) is 23.3 Å². The standard InChI is InChI=1S/C17H21FN2O/c1-3-20(4-2)16-7-5-15(6-8-16)19-12-13-9-14(18)11-17(21)10-13/h5-11,19,21H,3-4,12H2,1-2H3. The molecular weight excluding hydrogens is 267 g/mol. The minimum Gasteiger partial charge on any atom is -0.508 e. The highest BCUT2D eigenvalue weighted by molar-refractivity contribution is 5.55. The van der Waals surface area contributed by atoms with Gasteiger partial charge in [-0.05, 0) is 55.8 Å². The molecule has 0 unspecified atom stereocenters. The van der Waals surface area contributed by atoms with Crippen molar-refractivity contribution in [3.05, 3.63) is 53.8 Å². The van der Waals surface area contributed by atoms with E-state index in [0.717, 1.165) is 24.8 Å². The van der Waals surface area contributed by atoms with Crippen LogP contribution in [0.2, 0.25) is 0 Å². The molecule has 0 aliphatic carbocycles. The molecule has 2 aromatic carbocycles. The lowest BCUT2D eigenvalue weighted by molar-refractivity contribution is 0.468. The third-order valence-corrected chi connectivity index (χ3v) is 3.43. The summed E-state index contributed by atoms with van der Waals surface area (Å²) in [7, 11) is 0. The van der Waals surface area contributed by atoms with E-state index >= 15 is 0 Å². The SMILES string of the molecule is CCN(CC)c1ccc(NCc2cc(O)cc(F)c2)cc1. The fraction of sp³-hybridized carbons (Fsp3) is 0.294. The van der Waals surface area contributed by atoms with Gasteiger partial charge < -0.3 is 15.3 Å². The first-order valence-corrected chi connectivity index (χ1v) is 7.19. The van der Waals surface area contributed by atoms with Gasteiger partial charge in [-0.15, -0.1) is 0 Å². The molecule has 0 fully saturated rings. The van der Waals surface area contributed by atoms with Gasteiger partial charge >= 0.3 is 0 Å². The molecular formula is C17H21FN2O. The fourth-order valence-corrected chi connectivity index (χ4v) is 2.32. The van der Waals surface area contributed by atoms with Crippen LogP contribution in [0.1, 0.15) is 19.4 Å². The lowest BCUT2D eigenvalue weighted by Gasteiger charge is -2.21. The van der Waals surface area contributed by atoms with E-state index in [1.165, 1.54) is 11.8 Å². The third-order valence-electron chi connectivity index (χ3n) is 3.43. The summed E-state index contributed by atoms with van der Waals surface area (Å²) in [6, 6.07) is 12.2. The molecule has 21 heavy (non-hydrogen) atoms. The van der Waals surface area contributed by atoms with Crippen LogP contribution in [0, 0.1) is 5.82 Å². The van der Waals surface area contributed by atoms with Gasteiger partial charge in [0.25, 0.3) is 0 Å². The summed E-state index contributed by atoms with van der Waals surface area (Å²) >= 11 is 0. The number of halogens is 1. The van der Waals surface area contributed by atoms with Crippen molar-refractivity contribution in [1.82, 2.24) is 0 Å². The Balaban J connectivity index is 2.00. The zero-order valence-corrected chi connectivity index (χ0v) is 12.4. The van der Waals surface area contributed by atoms with Crippen LogP contribution >= 0.6 is 0 Å². The summed E-state index contributed by atoms with van der Waals surface area (Å²) in [5.41, 5.74) is 2.86. The van der Waals surface area contributed by atoms with Crippen LogP contribution in [0.25, 0.3) is 0 Å². The van der Waals surface area contributed by atoms with Crippen LogP contribution in [0.3, 0.4) is 0 Å². The maximum absolute atomic E-state index is 13.2. The molecule has 0 aromatic heterocycles.